The SMILES string of the molecule is CCCC1CCN(CCSC2CCNCC2)CC1. The van der Waals surface area contributed by atoms with E-state index in [0.29, 0.717) is 0 Å². The van der Waals surface area contributed by atoms with Gasteiger partial charge in [-0.05, 0) is 57.8 Å². The van der Waals surface area contributed by atoms with Crippen molar-refractivity contribution in [3.8, 4) is 0 Å². The minimum atomic E-state index is 0.934. The Balaban J connectivity index is 1.52. The maximum Gasteiger partial charge on any atom is 0.00724 e. The lowest BCUT2D eigenvalue weighted by atomic mass is 9.93. The Morgan fingerprint density at radius 1 is 1.11 bits per heavy atom. The van der Waals surface area contributed by atoms with E-state index in [2.05, 4.69) is 28.9 Å². The first-order valence-electron chi connectivity index (χ1n) is 7.93. The fourth-order valence-electron chi connectivity index (χ4n) is 3.22. The molecule has 2 heterocycles. The monoisotopic (exact) mass is 270 g/mol. The summed E-state index contributed by atoms with van der Waals surface area (Å²) in [4.78, 5) is 2.69. The number of likely N-dealkylation sites (tertiary alicyclic amines) is 1. The Morgan fingerprint density at radius 3 is 2.50 bits per heavy atom. The molecule has 0 aromatic rings. The summed E-state index contributed by atoms with van der Waals surface area (Å²) < 4.78 is 0. The Bertz CT molecular complexity index is 209. The molecule has 2 aliphatic heterocycles. The molecule has 0 atom stereocenters. The van der Waals surface area contributed by atoms with E-state index < -0.39 is 0 Å². The molecule has 0 aromatic carbocycles. The molecular weight excluding hydrogens is 240 g/mol. The predicted octanol–water partition coefficient (Wildman–Crippen LogP) is 2.98. The van der Waals surface area contributed by atoms with Gasteiger partial charge in [0.2, 0.25) is 0 Å². The maximum atomic E-state index is 3.45. The van der Waals surface area contributed by atoms with Crippen LogP contribution in [0.3, 0.4) is 0 Å². The summed E-state index contributed by atoms with van der Waals surface area (Å²) in [7, 11) is 0. The van der Waals surface area contributed by atoms with E-state index in [0.717, 1.165) is 11.2 Å². The maximum absolute atomic E-state index is 3.45. The van der Waals surface area contributed by atoms with Crippen molar-refractivity contribution in [2.45, 2.75) is 50.7 Å². The van der Waals surface area contributed by atoms with Crippen LogP contribution in [0.5, 0.6) is 0 Å². The van der Waals surface area contributed by atoms with Crippen LogP contribution in [0.1, 0.15) is 45.4 Å². The van der Waals surface area contributed by atoms with Crippen molar-refractivity contribution in [1.82, 2.24) is 10.2 Å². The highest BCUT2D eigenvalue weighted by Gasteiger charge is 2.19. The number of nitrogens with one attached hydrogen (secondary N) is 1. The lowest BCUT2D eigenvalue weighted by Gasteiger charge is -2.32. The van der Waals surface area contributed by atoms with Gasteiger partial charge in [0.05, 0.1) is 0 Å². The molecule has 0 saturated carbocycles. The lowest BCUT2D eigenvalue weighted by molar-refractivity contribution is 0.187. The fourth-order valence-corrected chi connectivity index (χ4v) is 4.48. The molecule has 0 amide bonds. The summed E-state index contributed by atoms with van der Waals surface area (Å²) in [5, 5.41) is 4.38. The number of rotatable bonds is 6. The van der Waals surface area contributed by atoms with Crippen molar-refractivity contribution in [1.29, 1.82) is 0 Å². The van der Waals surface area contributed by atoms with Crippen LogP contribution in [0.4, 0.5) is 0 Å². The number of thioether (sulfide) groups is 1. The van der Waals surface area contributed by atoms with Crippen LogP contribution in [0.25, 0.3) is 0 Å². The van der Waals surface area contributed by atoms with Crippen molar-refractivity contribution < 1.29 is 0 Å². The fraction of sp³-hybridized carbons (Fsp3) is 1.00. The predicted molar refractivity (Wildman–Crippen MR) is 82.4 cm³/mol. The first-order valence-corrected chi connectivity index (χ1v) is 8.98. The molecule has 2 saturated heterocycles. The first kappa shape index (κ1) is 14.7. The van der Waals surface area contributed by atoms with Gasteiger partial charge in [-0.1, -0.05) is 19.8 Å². The Labute approximate surface area is 117 Å². The third-order valence-electron chi connectivity index (χ3n) is 4.45. The summed E-state index contributed by atoms with van der Waals surface area (Å²) in [5.74, 6) is 2.38. The van der Waals surface area contributed by atoms with Gasteiger partial charge in [0.25, 0.3) is 0 Å². The van der Waals surface area contributed by atoms with Gasteiger partial charge in [-0.15, -0.1) is 0 Å². The second kappa shape index (κ2) is 8.44. The summed E-state index contributed by atoms with van der Waals surface area (Å²) in [5.41, 5.74) is 0. The van der Waals surface area contributed by atoms with Gasteiger partial charge in [-0.2, -0.15) is 11.8 Å². The third-order valence-corrected chi connectivity index (χ3v) is 5.81. The molecule has 3 heteroatoms. The first-order chi connectivity index (χ1) is 8.88. The normalized spacial score (nSPS) is 24.5. The van der Waals surface area contributed by atoms with Crippen molar-refractivity contribution in [3.05, 3.63) is 0 Å². The Hall–Kier alpha value is 0.270. The number of piperidine rings is 2. The van der Waals surface area contributed by atoms with E-state index in [-0.39, 0.29) is 0 Å². The highest BCUT2D eigenvalue weighted by molar-refractivity contribution is 7.99. The molecule has 2 aliphatic rings. The molecule has 0 bridgehead atoms. The topological polar surface area (TPSA) is 15.3 Å². The van der Waals surface area contributed by atoms with E-state index in [4.69, 9.17) is 0 Å². The van der Waals surface area contributed by atoms with Gasteiger partial charge in [-0.3, -0.25) is 0 Å². The standard InChI is InChI=1S/C15H30N2S/c1-2-3-14-6-10-17(11-7-14)12-13-18-15-4-8-16-9-5-15/h14-16H,2-13H2,1H3. The van der Waals surface area contributed by atoms with E-state index in [1.807, 2.05) is 0 Å². The van der Waals surface area contributed by atoms with Crippen LogP contribution in [0.2, 0.25) is 0 Å². The molecule has 18 heavy (non-hydrogen) atoms. The molecule has 2 fully saturated rings. The minimum Gasteiger partial charge on any atom is -0.317 e. The second-order valence-corrected chi connectivity index (χ2v) is 7.30. The highest BCUT2D eigenvalue weighted by Crippen LogP contribution is 2.23. The highest BCUT2D eigenvalue weighted by atomic mass is 32.2. The van der Waals surface area contributed by atoms with Gasteiger partial charge in [0, 0.05) is 17.5 Å². The van der Waals surface area contributed by atoms with Crippen LogP contribution in [-0.4, -0.2) is 48.6 Å². The zero-order chi connectivity index (χ0) is 12.6. The van der Waals surface area contributed by atoms with Gasteiger partial charge >= 0.3 is 0 Å². The van der Waals surface area contributed by atoms with Crippen LogP contribution in [-0.2, 0) is 0 Å². The average Bonchev–Trinajstić information content (AvgIpc) is 2.42. The molecule has 0 aromatic heterocycles. The van der Waals surface area contributed by atoms with Crippen LogP contribution in [0, 0.1) is 5.92 Å². The average molecular weight is 270 g/mol. The molecule has 0 unspecified atom stereocenters. The van der Waals surface area contributed by atoms with Crippen molar-refractivity contribution in [2.24, 2.45) is 5.92 Å². The van der Waals surface area contributed by atoms with E-state index in [1.165, 1.54) is 77.0 Å². The molecule has 1 N–H and O–H groups in total. The molecule has 0 aliphatic carbocycles. The smallest absolute Gasteiger partial charge is 0.00724 e. The summed E-state index contributed by atoms with van der Waals surface area (Å²) >= 11 is 2.22. The molecule has 2 nitrogen and oxygen atoms in total. The second-order valence-electron chi connectivity index (χ2n) is 5.89. The number of hydrogen-bond donors (Lipinski definition) is 1. The zero-order valence-corrected chi connectivity index (χ0v) is 12.8. The van der Waals surface area contributed by atoms with Crippen LogP contribution >= 0.6 is 11.8 Å². The van der Waals surface area contributed by atoms with E-state index in [9.17, 15) is 0 Å². The van der Waals surface area contributed by atoms with Gasteiger partial charge in [0.15, 0.2) is 0 Å². The van der Waals surface area contributed by atoms with Crippen molar-refractivity contribution in [2.75, 3.05) is 38.5 Å². The largest absolute Gasteiger partial charge is 0.317 e. The van der Waals surface area contributed by atoms with Crippen LogP contribution in [0.15, 0.2) is 0 Å². The summed E-state index contributed by atoms with van der Waals surface area (Å²) in [6.07, 6.45) is 8.48. The summed E-state index contributed by atoms with van der Waals surface area (Å²) in [6.45, 7) is 8.84. The Morgan fingerprint density at radius 2 is 1.83 bits per heavy atom. The summed E-state index contributed by atoms with van der Waals surface area (Å²) in [6, 6.07) is 0. The Kier molecular flexibility index (Phi) is 6.88. The quantitative estimate of drug-likeness (QED) is 0.799. The number of nitrogens with zero attached hydrogens (tertiary/aromatic N) is 1. The molecule has 0 radical (unpaired) electrons. The molecule has 2 rings (SSSR count). The molecule has 106 valence electrons. The minimum absolute atomic E-state index is 0.934. The lowest BCUT2D eigenvalue weighted by Crippen LogP contribution is -2.36. The van der Waals surface area contributed by atoms with E-state index >= 15 is 0 Å². The van der Waals surface area contributed by atoms with Crippen LogP contribution < -0.4 is 5.32 Å². The van der Waals surface area contributed by atoms with Gasteiger partial charge in [-0.25, -0.2) is 0 Å². The zero-order valence-electron chi connectivity index (χ0n) is 12.0. The van der Waals surface area contributed by atoms with Gasteiger partial charge in [0.1, 0.15) is 0 Å². The van der Waals surface area contributed by atoms with Crippen molar-refractivity contribution >= 4 is 11.8 Å². The molecular formula is C15H30N2S. The van der Waals surface area contributed by atoms with E-state index in [1.54, 1.807) is 0 Å². The van der Waals surface area contributed by atoms with Gasteiger partial charge < -0.3 is 10.2 Å². The van der Waals surface area contributed by atoms with Crippen molar-refractivity contribution in [3.63, 3.8) is 0 Å². The molecule has 0 spiro atoms. The third kappa shape index (κ3) is 5.10. The number of hydrogen-bond acceptors (Lipinski definition) is 3.